The van der Waals surface area contributed by atoms with Gasteiger partial charge in [0.05, 0.1) is 11.1 Å². The zero-order valence-electron chi connectivity index (χ0n) is 13.9. The lowest BCUT2D eigenvalue weighted by Crippen LogP contribution is -2.34. The van der Waals surface area contributed by atoms with Gasteiger partial charge in [-0.05, 0) is 38.4 Å². The van der Waals surface area contributed by atoms with Gasteiger partial charge in [0.25, 0.3) is 0 Å². The summed E-state index contributed by atoms with van der Waals surface area (Å²) in [5, 5.41) is 1.18. The summed E-state index contributed by atoms with van der Waals surface area (Å²) < 4.78 is 33.6. The average molecular weight is 379 g/mol. The molecule has 0 fully saturated rings. The number of hydrogen-bond donors (Lipinski definition) is 1. The van der Waals surface area contributed by atoms with Crippen LogP contribution < -0.4 is 4.72 Å². The molecule has 25 heavy (non-hydrogen) atoms. The normalized spacial score (nSPS) is 13.4. The van der Waals surface area contributed by atoms with E-state index in [4.69, 9.17) is 16.0 Å². The van der Waals surface area contributed by atoms with Crippen LogP contribution >= 0.6 is 11.6 Å². The van der Waals surface area contributed by atoms with Gasteiger partial charge in [0.1, 0.15) is 16.2 Å². The van der Waals surface area contributed by atoms with E-state index in [0.717, 1.165) is 11.0 Å². The van der Waals surface area contributed by atoms with Crippen LogP contribution in [0, 0.1) is 0 Å². The number of furan rings is 1. The van der Waals surface area contributed by atoms with Gasteiger partial charge in [0.2, 0.25) is 10.0 Å². The molecule has 2 aromatic carbocycles. The van der Waals surface area contributed by atoms with Crippen LogP contribution in [0.5, 0.6) is 0 Å². The molecule has 0 amide bonds. The first-order valence-electron chi connectivity index (χ1n) is 7.77. The highest BCUT2D eigenvalue weighted by Crippen LogP contribution is 2.27. The van der Waals surface area contributed by atoms with E-state index in [2.05, 4.69) is 4.72 Å². The van der Waals surface area contributed by atoms with Crippen LogP contribution in [0.4, 0.5) is 0 Å². The standard InChI is InChI=1S/C18H19ClN2O3S/c1-21(2)15(17-11-13-7-3-5-9-16(13)24-17)12-20-25(22,23)18-10-6-4-8-14(18)19/h3-11,15,20H,12H2,1-2H3. The van der Waals surface area contributed by atoms with Crippen molar-refractivity contribution in [2.24, 2.45) is 0 Å². The number of likely N-dealkylation sites (N-methyl/N-ethyl adjacent to an activating group) is 1. The van der Waals surface area contributed by atoms with E-state index in [1.807, 2.05) is 49.3 Å². The number of para-hydroxylation sites is 1. The quantitative estimate of drug-likeness (QED) is 0.710. The van der Waals surface area contributed by atoms with Gasteiger partial charge in [-0.15, -0.1) is 0 Å². The lowest BCUT2D eigenvalue weighted by molar-refractivity contribution is 0.264. The molecule has 3 aromatic rings. The van der Waals surface area contributed by atoms with Crippen molar-refractivity contribution in [1.29, 1.82) is 0 Å². The van der Waals surface area contributed by atoms with Crippen LogP contribution in [0.25, 0.3) is 11.0 Å². The molecule has 7 heteroatoms. The maximum atomic E-state index is 12.5. The van der Waals surface area contributed by atoms with Gasteiger partial charge in [-0.3, -0.25) is 4.90 Å². The summed E-state index contributed by atoms with van der Waals surface area (Å²) >= 11 is 6.01. The van der Waals surface area contributed by atoms with E-state index in [1.54, 1.807) is 18.2 Å². The van der Waals surface area contributed by atoms with E-state index in [0.29, 0.717) is 5.76 Å². The number of rotatable bonds is 6. The number of benzene rings is 2. The Balaban J connectivity index is 1.84. The molecule has 3 rings (SSSR count). The second-order valence-electron chi connectivity index (χ2n) is 5.95. The van der Waals surface area contributed by atoms with E-state index >= 15 is 0 Å². The lowest BCUT2D eigenvalue weighted by atomic mass is 10.2. The molecule has 132 valence electrons. The first-order chi connectivity index (χ1) is 11.9. The molecule has 0 aliphatic heterocycles. The summed E-state index contributed by atoms with van der Waals surface area (Å²) in [6, 6.07) is 15.8. The minimum absolute atomic E-state index is 0.0683. The Labute approximate surface area is 152 Å². The van der Waals surface area contributed by atoms with Gasteiger partial charge in [-0.2, -0.15) is 0 Å². The predicted molar refractivity (Wildman–Crippen MR) is 99.3 cm³/mol. The van der Waals surface area contributed by atoms with E-state index in [9.17, 15) is 8.42 Å². The molecule has 1 aromatic heterocycles. The molecule has 5 nitrogen and oxygen atoms in total. The van der Waals surface area contributed by atoms with Crippen LogP contribution in [0.1, 0.15) is 11.8 Å². The summed E-state index contributed by atoms with van der Waals surface area (Å²) in [6.45, 7) is 0.167. The average Bonchev–Trinajstić information content (AvgIpc) is 2.98. The third kappa shape index (κ3) is 3.88. The highest BCUT2D eigenvalue weighted by Gasteiger charge is 2.23. The number of fused-ring (bicyclic) bond motifs is 1. The number of sulfonamides is 1. The highest BCUT2D eigenvalue weighted by atomic mass is 35.5. The molecule has 1 heterocycles. The Kier molecular flexibility index (Phi) is 5.15. The fourth-order valence-corrected chi connectivity index (χ4v) is 4.19. The Morgan fingerprint density at radius 1 is 1.12 bits per heavy atom. The topological polar surface area (TPSA) is 62.6 Å². The lowest BCUT2D eigenvalue weighted by Gasteiger charge is -2.22. The van der Waals surface area contributed by atoms with Crippen LogP contribution in [0.3, 0.4) is 0 Å². The summed E-state index contributed by atoms with van der Waals surface area (Å²) in [6.07, 6.45) is 0. The number of nitrogens with one attached hydrogen (secondary N) is 1. The molecule has 0 aliphatic carbocycles. The summed E-state index contributed by atoms with van der Waals surface area (Å²) in [7, 11) is 0.0454. The molecular formula is C18H19ClN2O3S. The van der Waals surface area contributed by atoms with Crippen LogP contribution in [-0.4, -0.2) is 34.0 Å². The first-order valence-corrected chi connectivity index (χ1v) is 9.64. The minimum Gasteiger partial charge on any atom is -0.459 e. The van der Waals surface area contributed by atoms with Gasteiger partial charge in [-0.25, -0.2) is 13.1 Å². The zero-order chi connectivity index (χ0) is 18.0. The molecule has 1 unspecified atom stereocenters. The van der Waals surface area contributed by atoms with Gasteiger partial charge in [-0.1, -0.05) is 41.9 Å². The number of nitrogens with zero attached hydrogens (tertiary/aromatic N) is 1. The Morgan fingerprint density at radius 3 is 2.48 bits per heavy atom. The van der Waals surface area contributed by atoms with E-state index in [-0.39, 0.29) is 22.5 Å². The second-order valence-corrected chi connectivity index (χ2v) is 8.09. The van der Waals surface area contributed by atoms with Crippen molar-refractivity contribution in [3.8, 4) is 0 Å². The van der Waals surface area contributed by atoms with Crippen LogP contribution in [0.2, 0.25) is 5.02 Å². The molecule has 1 N–H and O–H groups in total. The largest absolute Gasteiger partial charge is 0.459 e. The monoisotopic (exact) mass is 378 g/mol. The minimum atomic E-state index is -3.71. The first kappa shape index (κ1) is 17.9. The van der Waals surface area contributed by atoms with Gasteiger partial charge < -0.3 is 4.42 Å². The van der Waals surface area contributed by atoms with Gasteiger partial charge in [0, 0.05) is 11.9 Å². The van der Waals surface area contributed by atoms with Crippen molar-refractivity contribution in [3.63, 3.8) is 0 Å². The maximum absolute atomic E-state index is 12.5. The van der Waals surface area contributed by atoms with Crippen molar-refractivity contribution in [2.75, 3.05) is 20.6 Å². The van der Waals surface area contributed by atoms with Crippen molar-refractivity contribution in [1.82, 2.24) is 9.62 Å². The highest BCUT2D eigenvalue weighted by molar-refractivity contribution is 7.89. The summed E-state index contributed by atoms with van der Waals surface area (Å²) in [5.41, 5.74) is 0.776. The molecule has 0 spiro atoms. The third-order valence-corrected chi connectivity index (χ3v) is 5.91. The molecule has 0 aliphatic rings. The van der Waals surface area contributed by atoms with Crippen molar-refractivity contribution in [3.05, 3.63) is 65.4 Å². The smallest absolute Gasteiger partial charge is 0.242 e. The van der Waals surface area contributed by atoms with E-state index in [1.165, 1.54) is 6.07 Å². The van der Waals surface area contributed by atoms with Crippen LogP contribution in [0.15, 0.2) is 63.9 Å². The van der Waals surface area contributed by atoms with Gasteiger partial charge in [0.15, 0.2) is 0 Å². The molecular weight excluding hydrogens is 360 g/mol. The Bertz CT molecular complexity index is 950. The van der Waals surface area contributed by atoms with Crippen LogP contribution in [-0.2, 0) is 10.0 Å². The number of hydrogen-bond acceptors (Lipinski definition) is 4. The van der Waals surface area contributed by atoms with Gasteiger partial charge >= 0.3 is 0 Å². The Hall–Kier alpha value is -1.86. The van der Waals surface area contributed by atoms with E-state index < -0.39 is 10.0 Å². The molecule has 0 bridgehead atoms. The maximum Gasteiger partial charge on any atom is 0.242 e. The summed E-state index contributed by atoms with van der Waals surface area (Å²) in [4.78, 5) is 1.98. The third-order valence-electron chi connectivity index (χ3n) is 3.99. The van der Waals surface area contributed by atoms with Crippen molar-refractivity contribution >= 4 is 32.6 Å². The van der Waals surface area contributed by atoms with Crippen molar-refractivity contribution < 1.29 is 12.8 Å². The Morgan fingerprint density at radius 2 is 1.80 bits per heavy atom. The second kappa shape index (κ2) is 7.17. The predicted octanol–water partition coefficient (Wildman–Crippen LogP) is 3.67. The summed E-state index contributed by atoms with van der Waals surface area (Å²) in [5.74, 6) is 0.702. The zero-order valence-corrected chi connectivity index (χ0v) is 15.5. The molecule has 0 saturated carbocycles. The SMILES string of the molecule is CN(C)C(CNS(=O)(=O)c1ccccc1Cl)c1cc2ccccc2o1. The fourth-order valence-electron chi connectivity index (χ4n) is 2.63. The fraction of sp³-hybridized carbons (Fsp3) is 0.222. The number of halogens is 1. The molecule has 0 radical (unpaired) electrons. The molecule has 0 saturated heterocycles. The van der Waals surface area contributed by atoms with Crippen molar-refractivity contribution in [2.45, 2.75) is 10.9 Å². The molecule has 1 atom stereocenters.